The first-order chi connectivity index (χ1) is 12.4. The number of hydrogen-bond donors (Lipinski definition) is 3. The molecule has 1 aliphatic heterocycles. The van der Waals surface area contributed by atoms with Gasteiger partial charge in [0.1, 0.15) is 0 Å². The molecule has 0 unspecified atom stereocenters. The highest BCUT2D eigenvalue weighted by molar-refractivity contribution is 7.46. The zero-order chi connectivity index (χ0) is 19.0. The van der Waals surface area contributed by atoms with E-state index in [1.54, 1.807) is 0 Å². The van der Waals surface area contributed by atoms with Crippen LogP contribution in [0.2, 0.25) is 0 Å². The number of ketones is 1. The molecule has 1 aromatic carbocycles. The SMILES string of the molecule is CCCCCCCCc1ccc(C(=O)[C@@H]2C[C@@H](OP(=O)(O)O)CN2)cc1. The van der Waals surface area contributed by atoms with Gasteiger partial charge in [-0.3, -0.25) is 9.32 Å². The molecule has 1 aliphatic rings. The third kappa shape index (κ3) is 7.29. The number of phosphoric ester groups is 1. The highest BCUT2D eigenvalue weighted by Crippen LogP contribution is 2.39. The van der Waals surface area contributed by atoms with Crippen molar-refractivity contribution in [2.45, 2.75) is 70.4 Å². The Balaban J connectivity index is 1.77. The molecule has 0 aromatic heterocycles. The number of carbonyl (C=O) groups is 1. The molecule has 1 saturated heterocycles. The zero-order valence-electron chi connectivity index (χ0n) is 15.4. The van der Waals surface area contributed by atoms with Gasteiger partial charge in [0.2, 0.25) is 0 Å². The summed E-state index contributed by atoms with van der Waals surface area (Å²) in [5.41, 5.74) is 1.85. The lowest BCUT2D eigenvalue weighted by atomic mass is 9.99. The summed E-state index contributed by atoms with van der Waals surface area (Å²) in [6.45, 7) is 2.48. The topological polar surface area (TPSA) is 95.9 Å². The Hall–Kier alpha value is -1.04. The fourth-order valence-electron chi connectivity index (χ4n) is 3.32. The Morgan fingerprint density at radius 1 is 1.15 bits per heavy atom. The van der Waals surface area contributed by atoms with Crippen LogP contribution in [0.3, 0.4) is 0 Å². The van der Waals surface area contributed by atoms with Crippen molar-refractivity contribution in [2.75, 3.05) is 6.54 Å². The number of benzene rings is 1. The van der Waals surface area contributed by atoms with Crippen molar-refractivity contribution in [1.82, 2.24) is 5.32 Å². The molecule has 0 bridgehead atoms. The minimum atomic E-state index is -4.52. The number of unbranched alkanes of at least 4 members (excludes halogenated alkanes) is 5. The molecule has 1 fully saturated rings. The van der Waals surface area contributed by atoms with Crippen LogP contribution in [-0.2, 0) is 15.5 Å². The van der Waals surface area contributed by atoms with Gasteiger partial charge in [-0.2, -0.15) is 0 Å². The van der Waals surface area contributed by atoms with Crippen molar-refractivity contribution in [3.8, 4) is 0 Å². The van der Waals surface area contributed by atoms with Crippen LogP contribution in [-0.4, -0.2) is 34.3 Å². The van der Waals surface area contributed by atoms with E-state index in [1.165, 1.54) is 44.1 Å². The number of Topliss-reactive ketones (excluding diaryl/α,β-unsaturated/α-hetero) is 1. The van der Waals surface area contributed by atoms with Crippen LogP contribution in [0.25, 0.3) is 0 Å². The maximum absolute atomic E-state index is 12.5. The van der Waals surface area contributed by atoms with Gasteiger partial charge in [0.25, 0.3) is 0 Å². The summed E-state index contributed by atoms with van der Waals surface area (Å²) in [7, 11) is -4.52. The summed E-state index contributed by atoms with van der Waals surface area (Å²) in [4.78, 5) is 30.2. The van der Waals surface area contributed by atoms with E-state index in [0.717, 1.165) is 6.42 Å². The van der Waals surface area contributed by atoms with Gasteiger partial charge in [-0.25, -0.2) is 4.57 Å². The van der Waals surface area contributed by atoms with Crippen LogP contribution in [0.4, 0.5) is 0 Å². The Labute approximate surface area is 155 Å². The molecule has 146 valence electrons. The molecule has 3 N–H and O–H groups in total. The molecule has 0 aliphatic carbocycles. The number of nitrogens with one attached hydrogen (secondary N) is 1. The molecule has 1 aromatic rings. The van der Waals surface area contributed by atoms with Gasteiger partial charge in [0.05, 0.1) is 12.1 Å². The molecule has 2 rings (SSSR count). The van der Waals surface area contributed by atoms with Gasteiger partial charge in [-0.1, -0.05) is 63.3 Å². The van der Waals surface area contributed by atoms with Gasteiger partial charge in [-0.05, 0) is 24.8 Å². The van der Waals surface area contributed by atoms with Gasteiger partial charge in [0.15, 0.2) is 5.78 Å². The Kier molecular flexibility index (Phi) is 8.45. The first-order valence-electron chi connectivity index (χ1n) is 9.49. The summed E-state index contributed by atoms with van der Waals surface area (Å²) >= 11 is 0. The molecular weight excluding hydrogens is 353 g/mol. The third-order valence-corrected chi connectivity index (χ3v) is 5.32. The Morgan fingerprint density at radius 2 is 1.81 bits per heavy atom. The molecule has 26 heavy (non-hydrogen) atoms. The second-order valence-corrected chi connectivity index (χ2v) is 8.19. The lowest BCUT2D eigenvalue weighted by Crippen LogP contribution is -2.30. The molecular formula is C19H30NO5P. The molecule has 7 heteroatoms. The van der Waals surface area contributed by atoms with E-state index in [2.05, 4.69) is 16.8 Å². The maximum Gasteiger partial charge on any atom is 0.469 e. The van der Waals surface area contributed by atoms with Crippen molar-refractivity contribution in [1.29, 1.82) is 0 Å². The predicted molar refractivity (Wildman–Crippen MR) is 101 cm³/mol. The van der Waals surface area contributed by atoms with E-state index in [4.69, 9.17) is 9.79 Å². The maximum atomic E-state index is 12.5. The summed E-state index contributed by atoms with van der Waals surface area (Å²) in [6.07, 6.45) is 8.24. The van der Waals surface area contributed by atoms with E-state index in [1.807, 2.05) is 24.3 Å². The molecule has 0 amide bonds. The van der Waals surface area contributed by atoms with Crippen molar-refractivity contribution < 1.29 is 23.7 Å². The smallest absolute Gasteiger partial charge is 0.304 e. The average molecular weight is 383 g/mol. The molecule has 0 radical (unpaired) electrons. The first-order valence-corrected chi connectivity index (χ1v) is 11.0. The lowest BCUT2D eigenvalue weighted by Gasteiger charge is -2.12. The van der Waals surface area contributed by atoms with E-state index < -0.39 is 20.0 Å². The fourth-order valence-corrected chi connectivity index (χ4v) is 3.87. The minimum Gasteiger partial charge on any atom is -0.304 e. The van der Waals surface area contributed by atoms with Crippen LogP contribution >= 0.6 is 7.82 Å². The molecule has 2 atom stereocenters. The second-order valence-electron chi connectivity index (χ2n) is 6.99. The number of rotatable bonds is 11. The molecule has 6 nitrogen and oxygen atoms in total. The number of aryl methyl sites for hydroxylation is 1. The van der Waals surface area contributed by atoms with Crippen molar-refractivity contribution in [2.24, 2.45) is 0 Å². The van der Waals surface area contributed by atoms with Gasteiger partial charge in [-0.15, -0.1) is 0 Å². The van der Waals surface area contributed by atoms with Gasteiger partial charge in [0, 0.05) is 12.1 Å². The minimum absolute atomic E-state index is 0.0621. The van der Waals surface area contributed by atoms with Crippen LogP contribution in [0, 0.1) is 0 Å². The summed E-state index contributed by atoms with van der Waals surface area (Å²) in [5.74, 6) is -0.0621. The van der Waals surface area contributed by atoms with E-state index in [0.29, 0.717) is 5.56 Å². The number of phosphoric acid groups is 1. The third-order valence-electron chi connectivity index (χ3n) is 4.75. The zero-order valence-corrected chi connectivity index (χ0v) is 16.3. The van der Waals surface area contributed by atoms with Crippen LogP contribution in [0.15, 0.2) is 24.3 Å². The first kappa shape index (κ1) is 21.3. The normalized spacial score (nSPS) is 20.4. The standard InChI is InChI=1S/C19H30NO5P/c1-2-3-4-5-6-7-8-15-9-11-16(12-10-15)19(21)18-13-17(14-20-18)25-26(22,23)24/h9-12,17-18,20H,2-8,13-14H2,1H3,(H2,22,23,24)/t17-,18+/m1/s1. The highest BCUT2D eigenvalue weighted by atomic mass is 31.2. The summed E-state index contributed by atoms with van der Waals surface area (Å²) in [6, 6.07) is 7.22. The van der Waals surface area contributed by atoms with Gasteiger partial charge < -0.3 is 15.1 Å². The molecule has 0 saturated carbocycles. The van der Waals surface area contributed by atoms with Crippen molar-refractivity contribution in [3.05, 3.63) is 35.4 Å². The van der Waals surface area contributed by atoms with Crippen LogP contribution < -0.4 is 5.32 Å². The van der Waals surface area contributed by atoms with E-state index in [9.17, 15) is 9.36 Å². The second kappa shape index (κ2) is 10.3. The number of hydrogen-bond acceptors (Lipinski definition) is 4. The highest BCUT2D eigenvalue weighted by Gasteiger charge is 2.34. The van der Waals surface area contributed by atoms with E-state index >= 15 is 0 Å². The lowest BCUT2D eigenvalue weighted by molar-refractivity contribution is 0.0937. The Bertz CT molecular complexity index is 613. The van der Waals surface area contributed by atoms with Crippen molar-refractivity contribution >= 4 is 13.6 Å². The fraction of sp³-hybridized carbons (Fsp3) is 0.632. The monoisotopic (exact) mass is 383 g/mol. The van der Waals surface area contributed by atoms with Crippen molar-refractivity contribution in [3.63, 3.8) is 0 Å². The number of carbonyl (C=O) groups excluding carboxylic acids is 1. The quantitative estimate of drug-likeness (QED) is 0.307. The average Bonchev–Trinajstić information content (AvgIpc) is 3.04. The Morgan fingerprint density at radius 3 is 2.46 bits per heavy atom. The summed E-state index contributed by atoms with van der Waals surface area (Å²) in [5, 5.41) is 2.98. The molecule has 1 heterocycles. The molecule has 0 spiro atoms. The summed E-state index contributed by atoms with van der Waals surface area (Å²) < 4.78 is 15.6. The van der Waals surface area contributed by atoms with E-state index in [-0.39, 0.29) is 18.7 Å². The van der Waals surface area contributed by atoms with Crippen LogP contribution in [0.5, 0.6) is 0 Å². The largest absolute Gasteiger partial charge is 0.469 e. The van der Waals surface area contributed by atoms with Gasteiger partial charge >= 0.3 is 7.82 Å². The predicted octanol–water partition coefficient (Wildman–Crippen LogP) is 3.61. The van der Waals surface area contributed by atoms with Crippen LogP contribution in [0.1, 0.15) is 67.8 Å².